The van der Waals surface area contributed by atoms with Gasteiger partial charge >= 0.3 is 11.9 Å². The van der Waals surface area contributed by atoms with Crippen molar-refractivity contribution in [3.63, 3.8) is 0 Å². The number of rotatable bonds is 9. The summed E-state index contributed by atoms with van der Waals surface area (Å²) >= 11 is 12.1. The Bertz CT molecular complexity index is 1370. The molecule has 0 spiro atoms. The van der Waals surface area contributed by atoms with Gasteiger partial charge in [0.1, 0.15) is 11.8 Å². The molecule has 2 aromatic carbocycles. The number of carbonyl (C=O) groups excluding carboxylic acids is 3. The Balaban J connectivity index is 1.55. The molecule has 1 aliphatic carbocycles. The number of hydrogen-bond donors (Lipinski definition) is 1. The minimum Gasteiger partial charge on any atom is -0.493 e. The Hall–Kier alpha value is -3.88. The topological polar surface area (TPSA) is 104 Å². The maximum absolute atomic E-state index is 13.1. The van der Waals surface area contributed by atoms with Crippen molar-refractivity contribution in [3.05, 3.63) is 93.4 Å². The molecule has 4 rings (SSSR count). The lowest BCUT2D eigenvalue weighted by Crippen LogP contribution is -2.40. The molecule has 1 aromatic heterocycles. The van der Waals surface area contributed by atoms with Crippen molar-refractivity contribution in [3.8, 4) is 11.5 Å². The number of halogens is 2. The number of pyridine rings is 1. The summed E-state index contributed by atoms with van der Waals surface area (Å²) < 4.78 is 16.4. The summed E-state index contributed by atoms with van der Waals surface area (Å²) in [5.74, 6) is -1.71. The van der Waals surface area contributed by atoms with Crippen LogP contribution in [0, 0.1) is 5.92 Å². The second-order valence-corrected chi connectivity index (χ2v) is 9.82. The molecule has 10 heteroatoms. The van der Waals surface area contributed by atoms with Crippen LogP contribution in [0.4, 0.5) is 0 Å². The average Bonchev–Trinajstić information content (AvgIpc) is 3.77. The van der Waals surface area contributed by atoms with Crippen LogP contribution < -0.4 is 14.8 Å². The third-order valence-electron chi connectivity index (χ3n) is 5.99. The van der Waals surface area contributed by atoms with E-state index < -0.39 is 23.9 Å². The second-order valence-electron chi connectivity index (χ2n) is 8.95. The van der Waals surface area contributed by atoms with Crippen LogP contribution in [0.25, 0.3) is 5.57 Å². The van der Waals surface area contributed by atoms with E-state index in [1.807, 2.05) is 24.3 Å². The number of amides is 1. The number of ether oxygens (including phenoxy) is 3. The zero-order chi connectivity index (χ0) is 28.1. The molecule has 0 unspecified atom stereocenters. The van der Waals surface area contributed by atoms with Crippen molar-refractivity contribution in [1.82, 2.24) is 10.3 Å². The van der Waals surface area contributed by atoms with Gasteiger partial charge in [-0.2, -0.15) is 0 Å². The molecule has 1 N–H and O–H groups in total. The normalized spacial score (nSPS) is 13.2. The fraction of sp³-hybridized carbons (Fsp3) is 0.241. The summed E-state index contributed by atoms with van der Waals surface area (Å²) in [5, 5.41) is 3.69. The van der Waals surface area contributed by atoms with E-state index in [1.54, 1.807) is 31.2 Å². The van der Waals surface area contributed by atoms with Crippen molar-refractivity contribution in [2.24, 2.45) is 5.92 Å². The van der Waals surface area contributed by atoms with Crippen molar-refractivity contribution in [2.45, 2.75) is 32.7 Å². The van der Waals surface area contributed by atoms with E-state index in [0.717, 1.165) is 24.0 Å². The van der Waals surface area contributed by atoms with Crippen LogP contribution in [0.3, 0.4) is 0 Å². The van der Waals surface area contributed by atoms with E-state index in [9.17, 15) is 14.4 Å². The fourth-order valence-corrected chi connectivity index (χ4v) is 4.03. The zero-order valence-electron chi connectivity index (χ0n) is 21.5. The number of nitrogens with zero attached hydrogens (tertiary/aromatic N) is 1. The molecule has 202 valence electrons. The lowest BCUT2D eigenvalue weighted by Gasteiger charge is -2.18. The van der Waals surface area contributed by atoms with Gasteiger partial charge in [0, 0.05) is 27.9 Å². The van der Waals surface area contributed by atoms with Crippen LogP contribution in [-0.4, -0.2) is 36.0 Å². The van der Waals surface area contributed by atoms with E-state index in [1.165, 1.54) is 26.3 Å². The smallest absolute Gasteiger partial charge is 0.333 e. The predicted octanol–water partition coefficient (Wildman–Crippen LogP) is 5.85. The van der Waals surface area contributed by atoms with Crippen LogP contribution in [0.1, 0.15) is 48.3 Å². The summed E-state index contributed by atoms with van der Waals surface area (Å²) in [6, 6.07) is 14.6. The highest BCUT2D eigenvalue weighted by Gasteiger charge is 2.34. The van der Waals surface area contributed by atoms with Gasteiger partial charge in [-0.25, -0.2) is 9.78 Å². The summed E-state index contributed by atoms with van der Waals surface area (Å²) in [4.78, 5) is 42.4. The summed E-state index contributed by atoms with van der Waals surface area (Å²) in [7, 11) is 1.39. The number of hydrogen-bond acceptors (Lipinski definition) is 7. The van der Waals surface area contributed by atoms with Crippen LogP contribution in [0.5, 0.6) is 11.5 Å². The molecule has 1 amide bonds. The van der Waals surface area contributed by atoms with Gasteiger partial charge in [-0.15, -0.1) is 0 Å². The van der Waals surface area contributed by atoms with Gasteiger partial charge in [0.15, 0.2) is 11.4 Å². The second kappa shape index (κ2) is 12.3. The Morgan fingerprint density at radius 1 is 0.949 bits per heavy atom. The molecule has 0 radical (unpaired) electrons. The molecule has 3 aromatic rings. The number of esters is 2. The first kappa shape index (κ1) is 28.1. The van der Waals surface area contributed by atoms with Gasteiger partial charge in [-0.05, 0) is 62.1 Å². The van der Waals surface area contributed by atoms with Crippen molar-refractivity contribution < 1.29 is 28.6 Å². The highest BCUT2D eigenvalue weighted by molar-refractivity contribution is 6.31. The van der Waals surface area contributed by atoms with Gasteiger partial charge in [-0.3, -0.25) is 9.59 Å². The lowest BCUT2D eigenvalue weighted by atomic mass is 9.97. The third-order valence-corrected chi connectivity index (χ3v) is 6.49. The van der Waals surface area contributed by atoms with Crippen LogP contribution in [0.2, 0.25) is 10.0 Å². The summed E-state index contributed by atoms with van der Waals surface area (Å²) in [6.07, 6.45) is 2.81. The van der Waals surface area contributed by atoms with Gasteiger partial charge in [0.05, 0.1) is 13.0 Å². The highest BCUT2D eigenvalue weighted by Crippen LogP contribution is 2.35. The Morgan fingerprint density at radius 3 is 2.03 bits per heavy atom. The minimum absolute atomic E-state index is 0.0983. The first-order valence-corrected chi connectivity index (χ1v) is 12.9. The van der Waals surface area contributed by atoms with Crippen molar-refractivity contribution in [1.29, 1.82) is 0 Å². The number of allylic oxidation sites excluding steroid dienone is 1. The quantitative estimate of drug-likeness (QED) is 0.255. The van der Waals surface area contributed by atoms with E-state index >= 15 is 0 Å². The molecule has 0 bridgehead atoms. The maximum atomic E-state index is 13.1. The first-order valence-electron chi connectivity index (χ1n) is 12.2. The number of carbonyl (C=O) groups is 3. The number of aromatic nitrogens is 1. The molecule has 0 saturated heterocycles. The standard InChI is InChI=1S/C29H26Cl2N2O6/c1-16(33-27(34)25-26(23(37-3)14-15-32-25)39-29(36)20-4-5-20)28(35)38-17(2)24(18-6-10-21(30)11-7-18)19-8-12-22(31)13-9-19/h6-16,20H,4-5H2,1-3H3,(H,33,34)/t16-/m0/s1. The zero-order valence-corrected chi connectivity index (χ0v) is 23.0. The highest BCUT2D eigenvalue weighted by atomic mass is 35.5. The largest absolute Gasteiger partial charge is 0.493 e. The predicted molar refractivity (Wildman–Crippen MR) is 147 cm³/mol. The lowest BCUT2D eigenvalue weighted by molar-refractivity contribution is -0.141. The van der Waals surface area contributed by atoms with E-state index in [-0.39, 0.29) is 23.1 Å². The SMILES string of the molecule is COc1ccnc(C(=O)N[C@@H](C)C(=O)OC(C)=C(c2ccc(Cl)cc2)c2ccc(Cl)cc2)c1OC(=O)C1CC1. The van der Waals surface area contributed by atoms with Gasteiger partial charge in [0.2, 0.25) is 5.75 Å². The van der Waals surface area contributed by atoms with E-state index in [4.69, 9.17) is 37.4 Å². The van der Waals surface area contributed by atoms with Gasteiger partial charge in [0.25, 0.3) is 5.91 Å². The minimum atomic E-state index is -1.07. The molecular formula is C29H26Cl2N2O6. The van der Waals surface area contributed by atoms with Crippen molar-refractivity contribution in [2.75, 3.05) is 7.11 Å². The van der Waals surface area contributed by atoms with Crippen LogP contribution in [0.15, 0.2) is 66.6 Å². The van der Waals surface area contributed by atoms with E-state index in [2.05, 4.69) is 10.3 Å². The molecule has 8 nitrogen and oxygen atoms in total. The molecule has 1 saturated carbocycles. The molecule has 0 aliphatic heterocycles. The number of methoxy groups -OCH3 is 1. The molecule has 39 heavy (non-hydrogen) atoms. The van der Waals surface area contributed by atoms with Crippen LogP contribution >= 0.6 is 23.2 Å². The first-order chi connectivity index (χ1) is 18.7. The maximum Gasteiger partial charge on any atom is 0.333 e. The third kappa shape index (κ3) is 6.96. The Morgan fingerprint density at radius 2 is 1.51 bits per heavy atom. The Kier molecular flexibility index (Phi) is 8.89. The number of benzene rings is 2. The molecule has 1 fully saturated rings. The Labute approximate surface area is 235 Å². The van der Waals surface area contributed by atoms with E-state index in [0.29, 0.717) is 21.4 Å². The van der Waals surface area contributed by atoms with Gasteiger partial charge in [-0.1, -0.05) is 47.5 Å². The van der Waals surface area contributed by atoms with Crippen molar-refractivity contribution >= 4 is 46.6 Å². The van der Waals surface area contributed by atoms with Crippen LogP contribution in [-0.2, 0) is 14.3 Å². The monoisotopic (exact) mass is 568 g/mol. The molecule has 1 atom stereocenters. The van der Waals surface area contributed by atoms with Gasteiger partial charge < -0.3 is 19.5 Å². The molecule has 1 heterocycles. The average molecular weight is 569 g/mol. The fourth-order valence-electron chi connectivity index (χ4n) is 3.78. The summed E-state index contributed by atoms with van der Waals surface area (Å²) in [6.45, 7) is 3.14. The number of nitrogens with one attached hydrogen (secondary N) is 1. The summed E-state index contributed by atoms with van der Waals surface area (Å²) in [5.41, 5.74) is 2.01. The molecule has 1 aliphatic rings. The molecular weight excluding hydrogens is 543 g/mol.